The first-order valence-electron chi connectivity index (χ1n) is 5.44. The molecule has 2 rings (SSSR count). The van der Waals surface area contributed by atoms with Crippen molar-refractivity contribution in [3.8, 4) is 11.6 Å². The SMILES string of the molecule is CNc1cncc(Oc2ccc(C)cc2C)n1. The third-order valence-corrected chi connectivity index (χ3v) is 2.41. The molecule has 0 unspecified atom stereocenters. The molecule has 4 heteroatoms. The van der Waals surface area contributed by atoms with Crippen molar-refractivity contribution in [1.82, 2.24) is 9.97 Å². The molecule has 0 atom stereocenters. The van der Waals surface area contributed by atoms with Gasteiger partial charge < -0.3 is 10.1 Å². The molecule has 0 amide bonds. The van der Waals surface area contributed by atoms with Crippen molar-refractivity contribution in [2.24, 2.45) is 0 Å². The highest BCUT2D eigenvalue weighted by Gasteiger charge is 2.03. The van der Waals surface area contributed by atoms with Crippen LogP contribution in [0.15, 0.2) is 30.6 Å². The lowest BCUT2D eigenvalue weighted by atomic mass is 10.1. The topological polar surface area (TPSA) is 47.0 Å². The maximum Gasteiger partial charge on any atom is 0.239 e. The van der Waals surface area contributed by atoms with E-state index in [1.54, 1.807) is 19.4 Å². The zero-order chi connectivity index (χ0) is 12.3. The van der Waals surface area contributed by atoms with E-state index < -0.39 is 0 Å². The molecule has 0 bridgehead atoms. The van der Waals surface area contributed by atoms with Gasteiger partial charge in [0.05, 0.1) is 12.4 Å². The third kappa shape index (κ3) is 2.72. The predicted molar refractivity (Wildman–Crippen MR) is 67.6 cm³/mol. The molecule has 0 fully saturated rings. The Bertz CT molecular complexity index is 526. The van der Waals surface area contributed by atoms with Gasteiger partial charge in [-0.05, 0) is 25.5 Å². The molecular weight excluding hydrogens is 214 g/mol. The summed E-state index contributed by atoms with van der Waals surface area (Å²) >= 11 is 0. The number of ether oxygens (including phenoxy) is 1. The van der Waals surface area contributed by atoms with E-state index in [0.717, 1.165) is 11.3 Å². The van der Waals surface area contributed by atoms with Crippen LogP contribution >= 0.6 is 0 Å². The zero-order valence-electron chi connectivity index (χ0n) is 10.2. The fraction of sp³-hybridized carbons (Fsp3) is 0.231. The molecule has 0 saturated heterocycles. The number of nitrogens with zero attached hydrogens (tertiary/aromatic N) is 2. The second-order valence-electron chi connectivity index (χ2n) is 3.86. The maximum absolute atomic E-state index is 5.69. The molecule has 2 aromatic rings. The summed E-state index contributed by atoms with van der Waals surface area (Å²) in [6.45, 7) is 4.07. The Morgan fingerprint density at radius 1 is 1.18 bits per heavy atom. The third-order valence-electron chi connectivity index (χ3n) is 2.41. The summed E-state index contributed by atoms with van der Waals surface area (Å²) in [6.07, 6.45) is 3.25. The summed E-state index contributed by atoms with van der Waals surface area (Å²) in [5.41, 5.74) is 2.30. The van der Waals surface area contributed by atoms with E-state index in [1.165, 1.54) is 5.56 Å². The molecule has 17 heavy (non-hydrogen) atoms. The number of nitrogens with one attached hydrogen (secondary N) is 1. The van der Waals surface area contributed by atoms with Crippen LogP contribution < -0.4 is 10.1 Å². The zero-order valence-corrected chi connectivity index (χ0v) is 10.2. The van der Waals surface area contributed by atoms with Gasteiger partial charge >= 0.3 is 0 Å². The minimum absolute atomic E-state index is 0.490. The van der Waals surface area contributed by atoms with E-state index in [2.05, 4.69) is 28.3 Å². The quantitative estimate of drug-likeness (QED) is 0.879. The number of anilines is 1. The van der Waals surface area contributed by atoms with Crippen LogP contribution in [0.25, 0.3) is 0 Å². The van der Waals surface area contributed by atoms with Crippen molar-refractivity contribution < 1.29 is 4.74 Å². The first-order chi connectivity index (χ1) is 8.19. The molecule has 4 nitrogen and oxygen atoms in total. The first-order valence-corrected chi connectivity index (χ1v) is 5.44. The number of benzene rings is 1. The molecule has 88 valence electrons. The Morgan fingerprint density at radius 2 is 2.00 bits per heavy atom. The Balaban J connectivity index is 2.25. The lowest BCUT2D eigenvalue weighted by Gasteiger charge is -2.08. The molecule has 1 aromatic carbocycles. The lowest BCUT2D eigenvalue weighted by Crippen LogP contribution is -1.96. The average Bonchev–Trinajstić information content (AvgIpc) is 2.33. The summed E-state index contributed by atoms with van der Waals surface area (Å²) in [6, 6.07) is 6.03. The van der Waals surface area contributed by atoms with Crippen LogP contribution in [-0.4, -0.2) is 17.0 Å². The van der Waals surface area contributed by atoms with E-state index >= 15 is 0 Å². The van der Waals surface area contributed by atoms with Crippen molar-refractivity contribution in [3.63, 3.8) is 0 Å². The van der Waals surface area contributed by atoms with Gasteiger partial charge in [0.1, 0.15) is 11.6 Å². The van der Waals surface area contributed by atoms with Crippen LogP contribution in [0.2, 0.25) is 0 Å². The van der Waals surface area contributed by atoms with Crippen LogP contribution in [0.1, 0.15) is 11.1 Å². The minimum Gasteiger partial charge on any atom is -0.437 e. The smallest absolute Gasteiger partial charge is 0.239 e. The van der Waals surface area contributed by atoms with Crippen molar-refractivity contribution in [2.45, 2.75) is 13.8 Å². The van der Waals surface area contributed by atoms with Crippen molar-refractivity contribution in [1.29, 1.82) is 0 Å². The van der Waals surface area contributed by atoms with Crippen molar-refractivity contribution in [3.05, 3.63) is 41.7 Å². The predicted octanol–water partition coefficient (Wildman–Crippen LogP) is 2.93. The van der Waals surface area contributed by atoms with Gasteiger partial charge in [-0.15, -0.1) is 0 Å². The summed E-state index contributed by atoms with van der Waals surface area (Å²) in [7, 11) is 1.80. The summed E-state index contributed by atoms with van der Waals surface area (Å²) in [5, 5.41) is 2.92. The number of hydrogen-bond acceptors (Lipinski definition) is 4. The molecule has 0 saturated carbocycles. The highest BCUT2D eigenvalue weighted by Crippen LogP contribution is 2.24. The normalized spacial score (nSPS) is 10.1. The fourth-order valence-electron chi connectivity index (χ4n) is 1.54. The number of hydrogen-bond donors (Lipinski definition) is 1. The van der Waals surface area contributed by atoms with E-state index in [1.807, 2.05) is 19.1 Å². The van der Waals surface area contributed by atoms with Gasteiger partial charge in [-0.1, -0.05) is 17.7 Å². The molecule has 1 aromatic heterocycles. The van der Waals surface area contributed by atoms with E-state index in [9.17, 15) is 0 Å². The van der Waals surface area contributed by atoms with E-state index in [0.29, 0.717) is 11.7 Å². The van der Waals surface area contributed by atoms with Crippen LogP contribution in [0.4, 0.5) is 5.82 Å². The number of rotatable bonds is 3. The molecule has 1 heterocycles. The highest BCUT2D eigenvalue weighted by atomic mass is 16.5. The summed E-state index contributed by atoms with van der Waals surface area (Å²) in [4.78, 5) is 8.30. The van der Waals surface area contributed by atoms with Crippen LogP contribution in [0, 0.1) is 13.8 Å². The van der Waals surface area contributed by atoms with Crippen LogP contribution in [0.5, 0.6) is 11.6 Å². The highest BCUT2D eigenvalue weighted by molar-refractivity contribution is 5.39. The Labute approximate surface area is 101 Å². The van der Waals surface area contributed by atoms with Crippen molar-refractivity contribution >= 4 is 5.82 Å². The second kappa shape index (κ2) is 4.82. The monoisotopic (exact) mass is 229 g/mol. The molecule has 0 radical (unpaired) electrons. The van der Waals surface area contributed by atoms with Crippen LogP contribution in [-0.2, 0) is 0 Å². The first kappa shape index (κ1) is 11.4. The maximum atomic E-state index is 5.69. The second-order valence-corrected chi connectivity index (χ2v) is 3.86. The fourth-order valence-corrected chi connectivity index (χ4v) is 1.54. The molecule has 0 aliphatic carbocycles. The molecular formula is C13H15N3O. The van der Waals surface area contributed by atoms with Gasteiger partial charge in [0.25, 0.3) is 0 Å². The van der Waals surface area contributed by atoms with E-state index in [4.69, 9.17) is 4.74 Å². The van der Waals surface area contributed by atoms with Gasteiger partial charge in [0.15, 0.2) is 0 Å². The Hall–Kier alpha value is -2.10. The van der Waals surface area contributed by atoms with Gasteiger partial charge in [-0.3, -0.25) is 4.98 Å². The molecule has 0 spiro atoms. The Morgan fingerprint density at radius 3 is 2.71 bits per heavy atom. The lowest BCUT2D eigenvalue weighted by molar-refractivity contribution is 0.457. The van der Waals surface area contributed by atoms with Crippen molar-refractivity contribution in [2.75, 3.05) is 12.4 Å². The van der Waals surface area contributed by atoms with Gasteiger partial charge in [-0.2, -0.15) is 4.98 Å². The van der Waals surface area contributed by atoms with Gasteiger partial charge in [-0.25, -0.2) is 0 Å². The number of aryl methyl sites for hydroxylation is 2. The van der Waals surface area contributed by atoms with Gasteiger partial charge in [0.2, 0.25) is 5.88 Å². The standard InChI is InChI=1S/C13H15N3O/c1-9-4-5-11(10(2)6-9)17-13-8-15-7-12(14-3)16-13/h4-8H,1-3H3,(H,14,16). The van der Waals surface area contributed by atoms with Gasteiger partial charge in [0, 0.05) is 7.05 Å². The molecule has 1 N–H and O–H groups in total. The number of aromatic nitrogens is 2. The summed E-state index contributed by atoms with van der Waals surface area (Å²) < 4.78 is 5.69. The summed E-state index contributed by atoms with van der Waals surface area (Å²) in [5.74, 6) is 1.98. The van der Waals surface area contributed by atoms with Crippen LogP contribution in [0.3, 0.4) is 0 Å². The minimum atomic E-state index is 0.490. The Kier molecular flexibility index (Phi) is 3.23. The average molecular weight is 229 g/mol. The largest absolute Gasteiger partial charge is 0.437 e. The van der Waals surface area contributed by atoms with E-state index in [-0.39, 0.29) is 0 Å². The molecule has 0 aliphatic heterocycles. The molecule has 0 aliphatic rings.